The van der Waals surface area contributed by atoms with Crippen LogP contribution in [0.3, 0.4) is 0 Å². The second kappa shape index (κ2) is 5.59. The van der Waals surface area contributed by atoms with Crippen molar-refractivity contribution < 1.29 is 17.6 Å². The first-order valence-electron chi connectivity index (χ1n) is 7.35. The molecule has 0 amide bonds. The van der Waals surface area contributed by atoms with Gasteiger partial charge in [-0.15, -0.1) is 10.2 Å². The molecule has 4 aromatic rings. The van der Waals surface area contributed by atoms with Crippen LogP contribution < -0.4 is 0 Å². The minimum Gasteiger partial charge on any atom is -0.264 e. The van der Waals surface area contributed by atoms with Gasteiger partial charge >= 0.3 is 6.18 Å². The van der Waals surface area contributed by atoms with Crippen molar-refractivity contribution in [2.45, 2.75) is 13.1 Å². The van der Waals surface area contributed by atoms with Gasteiger partial charge in [-0.05, 0) is 25.1 Å². The van der Waals surface area contributed by atoms with Crippen LogP contribution >= 0.6 is 11.3 Å². The summed E-state index contributed by atoms with van der Waals surface area (Å²) in [7, 11) is 1.73. The maximum atomic E-state index is 14.4. The Morgan fingerprint density at radius 2 is 1.88 bits per heavy atom. The van der Waals surface area contributed by atoms with Crippen LogP contribution in [0.15, 0.2) is 24.3 Å². The molecule has 26 heavy (non-hydrogen) atoms. The maximum absolute atomic E-state index is 14.4. The van der Waals surface area contributed by atoms with Gasteiger partial charge in [0.1, 0.15) is 11.5 Å². The van der Waals surface area contributed by atoms with Crippen molar-refractivity contribution in [3.05, 3.63) is 41.3 Å². The minimum absolute atomic E-state index is 0.0821. The highest BCUT2D eigenvalue weighted by atomic mass is 32.1. The third kappa shape index (κ3) is 2.55. The van der Waals surface area contributed by atoms with Crippen LogP contribution in [0, 0.1) is 12.7 Å². The van der Waals surface area contributed by atoms with Crippen LogP contribution in [0.4, 0.5) is 17.6 Å². The molecular weight excluding hydrogens is 372 g/mol. The molecule has 3 heterocycles. The molecule has 0 bridgehead atoms. The fourth-order valence-electron chi connectivity index (χ4n) is 2.62. The van der Waals surface area contributed by atoms with Gasteiger partial charge in [-0.3, -0.25) is 4.68 Å². The molecule has 0 aliphatic carbocycles. The van der Waals surface area contributed by atoms with E-state index in [-0.39, 0.29) is 10.6 Å². The summed E-state index contributed by atoms with van der Waals surface area (Å²) in [5.41, 5.74) is -0.166. The van der Waals surface area contributed by atoms with E-state index in [0.29, 0.717) is 22.5 Å². The number of halogens is 4. The molecular formula is C15H10F4N6S. The number of aryl methyl sites for hydroxylation is 2. The molecule has 0 saturated heterocycles. The largest absolute Gasteiger partial charge is 0.419 e. The van der Waals surface area contributed by atoms with Crippen molar-refractivity contribution >= 4 is 16.3 Å². The van der Waals surface area contributed by atoms with E-state index in [1.165, 1.54) is 10.6 Å². The van der Waals surface area contributed by atoms with E-state index in [4.69, 9.17) is 0 Å². The van der Waals surface area contributed by atoms with Crippen LogP contribution in [-0.4, -0.2) is 29.6 Å². The van der Waals surface area contributed by atoms with Crippen LogP contribution in [0.1, 0.15) is 11.3 Å². The van der Waals surface area contributed by atoms with Gasteiger partial charge in [0.05, 0.1) is 11.3 Å². The zero-order valence-corrected chi connectivity index (χ0v) is 14.2. The lowest BCUT2D eigenvalue weighted by Crippen LogP contribution is -2.08. The Kier molecular flexibility index (Phi) is 3.58. The highest BCUT2D eigenvalue weighted by Gasteiger charge is 2.35. The second-order valence-electron chi connectivity index (χ2n) is 5.58. The van der Waals surface area contributed by atoms with Gasteiger partial charge in [-0.1, -0.05) is 17.4 Å². The lowest BCUT2D eigenvalue weighted by molar-refractivity contribution is -0.139. The topological polar surface area (TPSA) is 60.9 Å². The Labute approximate surface area is 147 Å². The normalized spacial score (nSPS) is 12.2. The smallest absolute Gasteiger partial charge is 0.264 e. The predicted octanol–water partition coefficient (Wildman–Crippen LogP) is 3.72. The molecule has 0 saturated carbocycles. The van der Waals surface area contributed by atoms with Crippen LogP contribution in [0.25, 0.3) is 27.1 Å². The van der Waals surface area contributed by atoms with E-state index in [0.717, 1.165) is 23.1 Å². The molecule has 4 rings (SSSR count). The summed E-state index contributed by atoms with van der Waals surface area (Å²) < 4.78 is 56.1. The number of hydrogen-bond acceptors (Lipinski definition) is 5. The van der Waals surface area contributed by atoms with Crippen molar-refractivity contribution in [2.75, 3.05) is 0 Å². The summed E-state index contributed by atoms with van der Waals surface area (Å²) in [4.78, 5) is 0.339. The highest BCUT2D eigenvalue weighted by molar-refractivity contribution is 7.19. The van der Waals surface area contributed by atoms with Crippen molar-refractivity contribution in [3.8, 4) is 22.1 Å². The van der Waals surface area contributed by atoms with Crippen LogP contribution in [-0.2, 0) is 13.2 Å². The van der Waals surface area contributed by atoms with E-state index in [1.54, 1.807) is 17.8 Å². The maximum Gasteiger partial charge on any atom is 0.419 e. The van der Waals surface area contributed by atoms with Gasteiger partial charge < -0.3 is 0 Å². The number of aromatic nitrogens is 6. The second-order valence-corrected chi connectivity index (χ2v) is 6.54. The monoisotopic (exact) mass is 382 g/mol. The van der Waals surface area contributed by atoms with Gasteiger partial charge in [0.15, 0.2) is 5.01 Å². The summed E-state index contributed by atoms with van der Waals surface area (Å²) in [5, 5.41) is 16.5. The number of nitrogens with zero attached hydrogens (tertiary/aromatic N) is 6. The first-order chi connectivity index (χ1) is 12.3. The first-order valence-corrected chi connectivity index (χ1v) is 8.16. The van der Waals surface area contributed by atoms with E-state index in [9.17, 15) is 17.6 Å². The Hall–Kier alpha value is -2.82. The molecule has 0 aliphatic rings. The Morgan fingerprint density at radius 3 is 2.54 bits per heavy atom. The number of benzene rings is 1. The van der Waals surface area contributed by atoms with Crippen LogP contribution in [0.5, 0.6) is 0 Å². The third-order valence-electron chi connectivity index (χ3n) is 3.76. The summed E-state index contributed by atoms with van der Waals surface area (Å²) in [6, 6.07) is 4.88. The van der Waals surface area contributed by atoms with Crippen molar-refractivity contribution in [1.82, 2.24) is 29.6 Å². The summed E-state index contributed by atoms with van der Waals surface area (Å²) in [6.45, 7) is 1.81. The van der Waals surface area contributed by atoms with Gasteiger partial charge in [-0.25, -0.2) is 4.39 Å². The third-order valence-corrected chi connectivity index (χ3v) is 4.69. The number of hydrogen-bond donors (Lipinski definition) is 0. The molecule has 0 unspecified atom stereocenters. The van der Waals surface area contributed by atoms with Gasteiger partial charge in [0.2, 0.25) is 10.8 Å². The molecule has 0 N–H and O–H groups in total. The summed E-state index contributed by atoms with van der Waals surface area (Å²) in [5.74, 6) is -0.985. The number of rotatable bonds is 2. The molecule has 0 atom stereocenters. The SMILES string of the molecule is Cc1cc(-c2nnc3sc(-c4cccc(C(F)(F)F)c4F)nn23)n(C)n1. The Balaban J connectivity index is 1.87. The predicted molar refractivity (Wildman–Crippen MR) is 86.0 cm³/mol. The summed E-state index contributed by atoms with van der Waals surface area (Å²) in [6.07, 6.45) is -4.78. The number of alkyl halides is 3. The van der Waals surface area contributed by atoms with E-state index < -0.39 is 17.6 Å². The lowest BCUT2D eigenvalue weighted by atomic mass is 10.1. The molecule has 0 radical (unpaired) electrons. The van der Waals surface area contributed by atoms with Gasteiger partial charge in [0, 0.05) is 12.6 Å². The van der Waals surface area contributed by atoms with Crippen molar-refractivity contribution in [1.29, 1.82) is 0 Å². The molecule has 0 fully saturated rings. The van der Waals surface area contributed by atoms with Gasteiger partial charge in [0.25, 0.3) is 0 Å². The van der Waals surface area contributed by atoms with E-state index in [1.807, 2.05) is 6.92 Å². The lowest BCUT2D eigenvalue weighted by Gasteiger charge is -2.09. The fourth-order valence-corrected chi connectivity index (χ4v) is 3.48. The molecule has 6 nitrogen and oxygen atoms in total. The quantitative estimate of drug-likeness (QED) is 0.496. The van der Waals surface area contributed by atoms with Crippen molar-refractivity contribution in [2.24, 2.45) is 7.05 Å². The average Bonchev–Trinajstić information content (AvgIpc) is 3.20. The van der Waals surface area contributed by atoms with Gasteiger partial charge in [-0.2, -0.15) is 27.9 Å². The molecule has 0 aliphatic heterocycles. The van der Waals surface area contributed by atoms with Crippen LogP contribution in [0.2, 0.25) is 0 Å². The first kappa shape index (κ1) is 16.6. The standard InChI is InChI=1S/C15H10F4N6S/c1-7-6-10(24(2)22-7)12-20-21-14-25(12)23-13(26-14)8-4-3-5-9(11(8)16)15(17,18)19/h3-6H,1-2H3. The highest BCUT2D eigenvalue weighted by Crippen LogP contribution is 2.37. The van der Waals surface area contributed by atoms with E-state index in [2.05, 4.69) is 20.4 Å². The molecule has 11 heteroatoms. The molecule has 1 aromatic carbocycles. The van der Waals surface area contributed by atoms with E-state index >= 15 is 0 Å². The van der Waals surface area contributed by atoms with Crippen molar-refractivity contribution in [3.63, 3.8) is 0 Å². The minimum atomic E-state index is -4.78. The molecule has 0 spiro atoms. The molecule has 3 aromatic heterocycles. The Morgan fingerprint density at radius 1 is 1.12 bits per heavy atom. The Bertz CT molecular complexity index is 1120. The molecule has 134 valence electrons. The fraction of sp³-hybridized carbons (Fsp3) is 0.200. The number of fused-ring (bicyclic) bond motifs is 1. The average molecular weight is 382 g/mol. The zero-order chi connectivity index (χ0) is 18.6. The zero-order valence-electron chi connectivity index (χ0n) is 13.4. The summed E-state index contributed by atoms with van der Waals surface area (Å²) >= 11 is 0.953.